The third-order valence-electron chi connectivity index (χ3n) is 2.98. The molecule has 18 heavy (non-hydrogen) atoms. The van der Waals surface area contributed by atoms with Crippen LogP contribution in [-0.4, -0.2) is 0 Å². The first-order valence-corrected chi connectivity index (χ1v) is 7.39. The van der Waals surface area contributed by atoms with E-state index in [9.17, 15) is 0 Å². The first-order valence-electron chi connectivity index (χ1n) is 6.14. The van der Waals surface area contributed by atoms with E-state index < -0.39 is 0 Å². The average Bonchev–Trinajstić information content (AvgIpc) is 2.40. The molecule has 0 fully saturated rings. The summed E-state index contributed by atoms with van der Waals surface area (Å²) < 4.78 is 0.458. The number of hydrogen-bond acceptors (Lipinski definition) is 0. The van der Waals surface area contributed by atoms with Crippen LogP contribution in [-0.2, 0) is 0 Å². The van der Waals surface area contributed by atoms with Crippen LogP contribution >= 0.6 is 22.6 Å². The van der Waals surface area contributed by atoms with Gasteiger partial charge in [0.2, 0.25) is 0 Å². The van der Waals surface area contributed by atoms with Crippen LogP contribution in [0.1, 0.15) is 22.0 Å². The Hall–Kier alpha value is -1.09. The molecule has 2 aromatic carbocycles. The number of benzene rings is 2. The van der Waals surface area contributed by atoms with Gasteiger partial charge < -0.3 is 0 Å². The smallest absolute Gasteiger partial charge is 0.0539 e. The monoisotopic (exact) mass is 348 g/mol. The van der Waals surface area contributed by atoms with E-state index in [0.29, 0.717) is 3.92 Å². The zero-order valence-electron chi connectivity index (χ0n) is 10.7. The predicted octanol–water partition coefficient (Wildman–Crippen LogP) is 5.71. The summed E-state index contributed by atoms with van der Waals surface area (Å²) in [5.74, 6) is 0. The second-order valence-electron chi connectivity index (χ2n) is 4.42. The van der Waals surface area contributed by atoms with Gasteiger partial charge in [0.25, 0.3) is 0 Å². The molecule has 0 nitrogen and oxygen atoms in total. The summed E-state index contributed by atoms with van der Waals surface area (Å²) in [4.78, 5) is 0. The molecule has 2 aromatic rings. The van der Waals surface area contributed by atoms with Crippen molar-refractivity contribution in [3.63, 3.8) is 0 Å². The van der Waals surface area contributed by atoms with Gasteiger partial charge in [0, 0.05) is 0 Å². The Morgan fingerprint density at radius 2 is 1.39 bits per heavy atom. The highest BCUT2D eigenvalue weighted by molar-refractivity contribution is 14.1. The molecule has 0 saturated carbocycles. The van der Waals surface area contributed by atoms with Crippen molar-refractivity contribution in [2.24, 2.45) is 0 Å². The van der Waals surface area contributed by atoms with Crippen LogP contribution in [0.5, 0.6) is 0 Å². The van der Waals surface area contributed by atoms with Crippen LogP contribution in [0.15, 0.2) is 60.7 Å². The fraction of sp³-hybridized carbons (Fsp3) is 0.176. The van der Waals surface area contributed by atoms with Crippen molar-refractivity contribution in [1.29, 1.82) is 0 Å². The molecule has 0 aliphatic carbocycles. The molecule has 0 N–H and O–H groups in total. The molecule has 92 valence electrons. The van der Waals surface area contributed by atoms with Crippen LogP contribution in [0, 0.1) is 6.92 Å². The van der Waals surface area contributed by atoms with Crippen LogP contribution in [0.2, 0.25) is 0 Å². The second kappa shape index (κ2) is 6.19. The number of aryl methyl sites for hydroxylation is 1. The summed E-state index contributed by atoms with van der Waals surface area (Å²) in [5, 5.41) is 0. The molecule has 0 bridgehead atoms. The molecular formula is C17H17I. The lowest BCUT2D eigenvalue weighted by molar-refractivity contribution is 1.27. The first-order chi connectivity index (χ1) is 8.70. The molecule has 1 atom stereocenters. The van der Waals surface area contributed by atoms with E-state index in [0.717, 1.165) is 0 Å². The van der Waals surface area contributed by atoms with E-state index in [1.165, 1.54) is 22.3 Å². The van der Waals surface area contributed by atoms with Crippen molar-refractivity contribution in [2.75, 3.05) is 0 Å². The summed E-state index contributed by atoms with van der Waals surface area (Å²) in [6, 6.07) is 17.5. The summed E-state index contributed by atoms with van der Waals surface area (Å²) in [7, 11) is 0. The lowest BCUT2D eigenvalue weighted by Gasteiger charge is -2.07. The number of alkyl halides is 1. The summed E-state index contributed by atoms with van der Waals surface area (Å²) in [6.07, 6.45) is 4.31. The van der Waals surface area contributed by atoms with Gasteiger partial charge in [-0.3, -0.25) is 0 Å². The van der Waals surface area contributed by atoms with Gasteiger partial charge in [0.1, 0.15) is 0 Å². The Morgan fingerprint density at radius 3 is 1.89 bits per heavy atom. The quantitative estimate of drug-likeness (QED) is 0.378. The second-order valence-corrected chi connectivity index (χ2v) is 5.76. The van der Waals surface area contributed by atoms with Gasteiger partial charge in [-0.25, -0.2) is 0 Å². The molecule has 1 heteroatoms. The lowest BCUT2D eigenvalue weighted by Crippen LogP contribution is -1.85. The predicted molar refractivity (Wildman–Crippen MR) is 88.2 cm³/mol. The van der Waals surface area contributed by atoms with Crippen molar-refractivity contribution < 1.29 is 0 Å². The molecule has 1 unspecified atom stereocenters. The minimum Gasteiger partial charge on any atom is -0.0903 e. The normalized spacial score (nSPS) is 12.8. The third kappa shape index (κ3) is 3.22. The summed E-state index contributed by atoms with van der Waals surface area (Å²) >= 11 is 2.45. The van der Waals surface area contributed by atoms with Gasteiger partial charge in [-0.05, 0) is 30.5 Å². The van der Waals surface area contributed by atoms with Crippen LogP contribution in [0.3, 0.4) is 0 Å². The minimum absolute atomic E-state index is 0.458. The molecule has 0 saturated heterocycles. The van der Waals surface area contributed by atoms with Crippen LogP contribution in [0.4, 0.5) is 0 Å². The fourth-order valence-electron chi connectivity index (χ4n) is 1.89. The van der Waals surface area contributed by atoms with E-state index in [4.69, 9.17) is 0 Å². The maximum Gasteiger partial charge on any atom is 0.0539 e. The van der Waals surface area contributed by atoms with Gasteiger partial charge in [-0.2, -0.15) is 0 Å². The Labute approximate surface area is 123 Å². The molecule has 0 amide bonds. The highest BCUT2D eigenvalue weighted by atomic mass is 127. The van der Waals surface area contributed by atoms with E-state index in [-0.39, 0.29) is 0 Å². The van der Waals surface area contributed by atoms with E-state index in [1.807, 2.05) is 0 Å². The van der Waals surface area contributed by atoms with Gasteiger partial charge in [0.15, 0.2) is 0 Å². The van der Waals surface area contributed by atoms with Gasteiger partial charge in [-0.1, -0.05) is 88.8 Å². The van der Waals surface area contributed by atoms with Crippen molar-refractivity contribution in [1.82, 2.24) is 0 Å². The summed E-state index contributed by atoms with van der Waals surface area (Å²) in [6.45, 7) is 4.18. The molecule has 0 aromatic heterocycles. The van der Waals surface area contributed by atoms with E-state index >= 15 is 0 Å². The standard InChI is InChI=1S/C17H17I/c1-3-4-17(18)16-11-9-15(10-12-16)14-7-5-13(2)6-8-14/h3-12,17H,1-2H3. The Balaban J connectivity index is 2.24. The topological polar surface area (TPSA) is 0 Å². The molecule has 0 heterocycles. The van der Waals surface area contributed by atoms with Gasteiger partial charge in [0.05, 0.1) is 3.92 Å². The minimum atomic E-state index is 0.458. The first kappa shape index (κ1) is 13.3. The van der Waals surface area contributed by atoms with Crippen molar-refractivity contribution in [3.8, 4) is 11.1 Å². The summed E-state index contributed by atoms with van der Waals surface area (Å²) in [5.41, 5.74) is 5.21. The Morgan fingerprint density at radius 1 is 0.889 bits per heavy atom. The van der Waals surface area contributed by atoms with Crippen LogP contribution in [0.25, 0.3) is 11.1 Å². The molecule has 0 radical (unpaired) electrons. The molecule has 0 spiro atoms. The maximum absolute atomic E-state index is 2.45. The van der Waals surface area contributed by atoms with Crippen molar-refractivity contribution in [2.45, 2.75) is 17.8 Å². The van der Waals surface area contributed by atoms with Crippen molar-refractivity contribution in [3.05, 3.63) is 71.8 Å². The third-order valence-corrected chi connectivity index (χ3v) is 4.11. The van der Waals surface area contributed by atoms with Gasteiger partial charge >= 0.3 is 0 Å². The molecular weight excluding hydrogens is 331 g/mol. The van der Waals surface area contributed by atoms with Gasteiger partial charge in [-0.15, -0.1) is 0 Å². The van der Waals surface area contributed by atoms with Crippen LogP contribution < -0.4 is 0 Å². The fourth-order valence-corrected chi connectivity index (χ4v) is 2.72. The average molecular weight is 348 g/mol. The zero-order valence-corrected chi connectivity index (χ0v) is 12.9. The SMILES string of the molecule is CC=CC(I)c1ccc(-c2ccc(C)cc2)cc1. The largest absolute Gasteiger partial charge is 0.0903 e. The number of hydrogen-bond donors (Lipinski definition) is 0. The van der Waals surface area contributed by atoms with E-state index in [1.54, 1.807) is 0 Å². The number of halogens is 1. The number of allylic oxidation sites excluding steroid dienone is 2. The molecule has 2 rings (SSSR count). The lowest BCUT2D eigenvalue weighted by atomic mass is 10.0. The molecule has 0 aliphatic heterocycles. The molecule has 0 aliphatic rings. The van der Waals surface area contributed by atoms with E-state index in [2.05, 4.69) is 97.1 Å². The maximum atomic E-state index is 2.45. The Bertz CT molecular complexity index is 521. The highest BCUT2D eigenvalue weighted by Gasteiger charge is 2.03. The zero-order chi connectivity index (χ0) is 13.0. The Kier molecular flexibility index (Phi) is 4.59. The number of rotatable bonds is 3. The highest BCUT2D eigenvalue weighted by Crippen LogP contribution is 2.27. The van der Waals surface area contributed by atoms with Crippen molar-refractivity contribution >= 4 is 22.6 Å².